The number of carbonyl (C=O) groups is 2. The van der Waals surface area contributed by atoms with Crippen molar-refractivity contribution < 1.29 is 19.8 Å². The highest BCUT2D eigenvalue weighted by molar-refractivity contribution is 6.68. The number of aliphatic hydroxyl groups excluding tert-OH is 2. The molecule has 0 saturated carbocycles. The van der Waals surface area contributed by atoms with E-state index < -0.39 is 32.8 Å². The predicted molar refractivity (Wildman–Crippen MR) is 71.6 cm³/mol. The molecule has 1 atom stereocenters. The molecule has 0 amide bonds. The van der Waals surface area contributed by atoms with E-state index in [0.717, 1.165) is 0 Å². The quantitative estimate of drug-likeness (QED) is 0.615. The molecule has 0 aliphatic heterocycles. The lowest BCUT2D eigenvalue weighted by molar-refractivity contribution is -0.112. The van der Waals surface area contributed by atoms with Crippen LogP contribution in [0.4, 0.5) is 0 Å². The van der Waals surface area contributed by atoms with Crippen molar-refractivity contribution >= 4 is 52.1 Å². The Bertz CT molecular complexity index is 601. The minimum Gasteiger partial charge on any atom is -0.507 e. The van der Waals surface area contributed by atoms with Gasteiger partial charge in [0.1, 0.15) is 11.9 Å². The monoisotopic (exact) mass is 320 g/mol. The van der Waals surface area contributed by atoms with Crippen molar-refractivity contribution in [2.24, 2.45) is 0 Å². The van der Waals surface area contributed by atoms with Crippen LogP contribution < -0.4 is 0 Å². The molecule has 2 rings (SSSR count). The standard InChI is InChI=1S/C12H7Cl3O4/c13-12(14,15)11(19)7-8(16)5-3-1-2-4-6(5)9(17)10(7)18/h1-4,11,16,19H/t11-/m1/s1. The molecular weight excluding hydrogens is 314 g/mol. The number of hydrogen-bond acceptors (Lipinski definition) is 4. The molecule has 19 heavy (non-hydrogen) atoms. The second-order valence-electron chi connectivity index (χ2n) is 3.91. The van der Waals surface area contributed by atoms with Crippen LogP contribution in [0.2, 0.25) is 0 Å². The normalized spacial score (nSPS) is 17.5. The van der Waals surface area contributed by atoms with E-state index >= 15 is 0 Å². The summed E-state index contributed by atoms with van der Waals surface area (Å²) < 4.78 is -2.23. The Morgan fingerprint density at radius 2 is 1.53 bits per heavy atom. The summed E-state index contributed by atoms with van der Waals surface area (Å²) in [5.41, 5.74) is -0.440. The summed E-state index contributed by atoms with van der Waals surface area (Å²) in [5, 5.41) is 19.8. The van der Waals surface area contributed by atoms with E-state index in [4.69, 9.17) is 34.8 Å². The third kappa shape index (κ3) is 2.37. The summed E-state index contributed by atoms with van der Waals surface area (Å²) in [5.74, 6) is -2.51. The van der Waals surface area contributed by atoms with Crippen molar-refractivity contribution in [3.05, 3.63) is 41.0 Å². The van der Waals surface area contributed by atoms with Gasteiger partial charge in [0.05, 0.1) is 5.57 Å². The van der Waals surface area contributed by atoms with Crippen LogP contribution in [-0.4, -0.2) is 31.7 Å². The van der Waals surface area contributed by atoms with Gasteiger partial charge < -0.3 is 10.2 Å². The van der Waals surface area contributed by atoms with Gasteiger partial charge in [0.2, 0.25) is 15.4 Å². The molecule has 0 bridgehead atoms. The fourth-order valence-corrected chi connectivity index (χ4v) is 2.13. The zero-order valence-corrected chi connectivity index (χ0v) is 11.5. The van der Waals surface area contributed by atoms with Crippen LogP contribution in [0.15, 0.2) is 29.8 Å². The maximum absolute atomic E-state index is 11.9. The van der Waals surface area contributed by atoms with Gasteiger partial charge >= 0.3 is 0 Å². The third-order valence-corrected chi connectivity index (χ3v) is 3.34. The van der Waals surface area contributed by atoms with E-state index in [1.54, 1.807) is 12.1 Å². The molecule has 0 spiro atoms. The number of fused-ring (bicyclic) bond motifs is 1. The number of rotatable bonds is 1. The van der Waals surface area contributed by atoms with Crippen molar-refractivity contribution in [2.45, 2.75) is 9.90 Å². The maximum Gasteiger partial charge on any atom is 0.236 e. The molecule has 100 valence electrons. The molecule has 7 heteroatoms. The van der Waals surface area contributed by atoms with Crippen LogP contribution in [0.5, 0.6) is 0 Å². The van der Waals surface area contributed by atoms with Crippen molar-refractivity contribution in [2.75, 3.05) is 0 Å². The zero-order chi connectivity index (χ0) is 14.4. The second-order valence-corrected chi connectivity index (χ2v) is 6.28. The van der Waals surface area contributed by atoms with E-state index in [0.29, 0.717) is 0 Å². The summed E-state index contributed by atoms with van der Waals surface area (Å²) in [6.07, 6.45) is -1.90. The number of benzene rings is 1. The van der Waals surface area contributed by atoms with Gasteiger partial charge in [-0.3, -0.25) is 9.59 Å². The lowest BCUT2D eigenvalue weighted by Gasteiger charge is -2.25. The highest BCUT2D eigenvalue weighted by Gasteiger charge is 2.43. The summed E-state index contributed by atoms with van der Waals surface area (Å²) in [4.78, 5) is 23.8. The van der Waals surface area contributed by atoms with E-state index in [-0.39, 0.29) is 11.1 Å². The molecule has 0 radical (unpaired) electrons. The van der Waals surface area contributed by atoms with Crippen molar-refractivity contribution in [3.63, 3.8) is 0 Å². The number of halogens is 3. The molecule has 0 fully saturated rings. The van der Waals surface area contributed by atoms with Gasteiger partial charge in [0.15, 0.2) is 0 Å². The molecule has 1 aromatic rings. The van der Waals surface area contributed by atoms with Gasteiger partial charge in [0.25, 0.3) is 0 Å². The van der Waals surface area contributed by atoms with Crippen molar-refractivity contribution in [1.29, 1.82) is 0 Å². The molecule has 2 N–H and O–H groups in total. The van der Waals surface area contributed by atoms with Gasteiger partial charge in [-0.25, -0.2) is 0 Å². The minimum absolute atomic E-state index is 0.0465. The molecule has 0 heterocycles. The average molecular weight is 322 g/mol. The first-order valence-corrected chi connectivity index (χ1v) is 6.25. The van der Waals surface area contributed by atoms with E-state index in [1.165, 1.54) is 12.1 Å². The number of hydrogen-bond donors (Lipinski definition) is 2. The van der Waals surface area contributed by atoms with Crippen LogP contribution in [0, 0.1) is 0 Å². The summed E-state index contributed by atoms with van der Waals surface area (Å²) in [7, 11) is 0. The lowest BCUT2D eigenvalue weighted by atomic mass is 9.86. The largest absolute Gasteiger partial charge is 0.507 e. The Balaban J connectivity index is 2.67. The highest BCUT2D eigenvalue weighted by Crippen LogP contribution is 2.38. The fraction of sp³-hybridized carbons (Fsp3) is 0.167. The van der Waals surface area contributed by atoms with Crippen LogP contribution in [0.25, 0.3) is 5.76 Å². The summed E-state index contributed by atoms with van der Waals surface area (Å²) in [6, 6.07) is 5.94. The number of Topliss-reactive ketones (excluding diaryl/α,β-unsaturated/α-hetero) is 2. The molecule has 0 saturated heterocycles. The molecule has 4 nitrogen and oxygen atoms in total. The lowest BCUT2D eigenvalue weighted by Crippen LogP contribution is -2.37. The van der Waals surface area contributed by atoms with Gasteiger partial charge in [-0.05, 0) is 0 Å². The third-order valence-electron chi connectivity index (χ3n) is 2.72. The molecule has 1 aromatic carbocycles. The first-order chi connectivity index (χ1) is 8.75. The van der Waals surface area contributed by atoms with Gasteiger partial charge in [0, 0.05) is 11.1 Å². The first kappa shape index (κ1) is 14.3. The van der Waals surface area contributed by atoms with E-state index in [9.17, 15) is 19.8 Å². The maximum atomic E-state index is 11.9. The van der Waals surface area contributed by atoms with Crippen LogP contribution >= 0.6 is 34.8 Å². The number of ketones is 2. The number of alkyl halides is 3. The Hall–Kier alpha value is -1.07. The predicted octanol–water partition coefficient (Wildman–Crippen LogP) is 2.45. The van der Waals surface area contributed by atoms with Crippen molar-refractivity contribution in [1.82, 2.24) is 0 Å². The van der Waals surface area contributed by atoms with Crippen LogP contribution in [0.3, 0.4) is 0 Å². The average Bonchev–Trinajstić information content (AvgIpc) is 2.35. The zero-order valence-electron chi connectivity index (χ0n) is 9.23. The Morgan fingerprint density at radius 3 is 2.05 bits per heavy atom. The smallest absolute Gasteiger partial charge is 0.236 e. The number of aliphatic hydroxyl groups is 2. The SMILES string of the molecule is O=C1C(=O)c2ccccc2C(O)=C1[C@@H](O)C(Cl)(Cl)Cl. The molecule has 1 aliphatic rings. The number of carbonyl (C=O) groups excluding carboxylic acids is 2. The fourth-order valence-electron chi connectivity index (χ4n) is 1.80. The Morgan fingerprint density at radius 1 is 1.00 bits per heavy atom. The molecular formula is C12H7Cl3O4. The van der Waals surface area contributed by atoms with Gasteiger partial charge in [-0.2, -0.15) is 0 Å². The first-order valence-electron chi connectivity index (χ1n) is 5.11. The van der Waals surface area contributed by atoms with Gasteiger partial charge in [-0.1, -0.05) is 59.1 Å². The summed E-state index contributed by atoms with van der Waals surface area (Å²) in [6.45, 7) is 0. The topological polar surface area (TPSA) is 74.6 Å². The van der Waals surface area contributed by atoms with Crippen LogP contribution in [-0.2, 0) is 4.79 Å². The summed E-state index contributed by atoms with van der Waals surface area (Å²) >= 11 is 16.5. The molecule has 0 aromatic heterocycles. The van der Waals surface area contributed by atoms with Crippen molar-refractivity contribution in [3.8, 4) is 0 Å². The van der Waals surface area contributed by atoms with Gasteiger partial charge in [-0.15, -0.1) is 0 Å². The molecule has 0 unspecified atom stereocenters. The van der Waals surface area contributed by atoms with E-state index in [2.05, 4.69) is 0 Å². The Kier molecular flexibility index (Phi) is 3.62. The van der Waals surface area contributed by atoms with Crippen LogP contribution in [0.1, 0.15) is 15.9 Å². The van der Waals surface area contributed by atoms with E-state index in [1.807, 2.05) is 0 Å². The minimum atomic E-state index is -2.23. The Labute approximate surface area is 123 Å². The molecule has 1 aliphatic carbocycles. The highest BCUT2D eigenvalue weighted by atomic mass is 35.6. The second kappa shape index (κ2) is 4.80.